The highest BCUT2D eigenvalue weighted by atomic mass is 16.3. The predicted molar refractivity (Wildman–Crippen MR) is 37.4 cm³/mol. The zero-order chi connectivity index (χ0) is 7.56. The monoisotopic (exact) mass is 143 g/mol. The van der Waals surface area contributed by atoms with Crippen LogP contribution in [0.3, 0.4) is 0 Å². The van der Waals surface area contributed by atoms with Crippen molar-refractivity contribution in [3.05, 3.63) is 0 Å². The number of aldehydes is 1. The van der Waals surface area contributed by atoms with Crippen LogP contribution < -0.4 is 5.73 Å². The van der Waals surface area contributed by atoms with Gasteiger partial charge in [0.05, 0.1) is 0 Å². The second-order valence-electron chi connectivity index (χ2n) is 2.97. The Kier molecular flexibility index (Phi) is 2.40. The second-order valence-corrected chi connectivity index (χ2v) is 2.97. The normalized spacial score (nSPS) is 23.8. The fourth-order valence-corrected chi connectivity index (χ4v) is 0.979. The molecule has 0 spiro atoms. The van der Waals surface area contributed by atoms with Gasteiger partial charge in [-0.2, -0.15) is 0 Å². The van der Waals surface area contributed by atoms with Gasteiger partial charge < -0.3 is 15.6 Å². The minimum Gasteiger partial charge on any atom is -0.384 e. The highest BCUT2D eigenvalue weighted by Gasteiger charge is 2.26. The molecule has 0 aromatic carbocycles. The van der Waals surface area contributed by atoms with Gasteiger partial charge >= 0.3 is 0 Å². The molecular formula is C7H13NO2. The third kappa shape index (κ3) is 2.08. The maximum Gasteiger partial charge on any atom is 0.150 e. The van der Waals surface area contributed by atoms with Gasteiger partial charge in [-0.1, -0.05) is 12.8 Å². The van der Waals surface area contributed by atoms with E-state index in [4.69, 9.17) is 10.8 Å². The van der Waals surface area contributed by atoms with E-state index in [0.717, 1.165) is 6.42 Å². The van der Waals surface area contributed by atoms with E-state index < -0.39 is 6.10 Å². The van der Waals surface area contributed by atoms with Crippen molar-refractivity contribution in [2.45, 2.75) is 31.4 Å². The van der Waals surface area contributed by atoms with E-state index in [-0.39, 0.29) is 6.04 Å². The summed E-state index contributed by atoms with van der Waals surface area (Å²) in [6, 6.07) is -0.343. The van der Waals surface area contributed by atoms with E-state index in [1.807, 2.05) is 0 Å². The van der Waals surface area contributed by atoms with Crippen molar-refractivity contribution < 1.29 is 9.90 Å². The Morgan fingerprint density at radius 3 is 2.70 bits per heavy atom. The number of hydrogen-bond acceptors (Lipinski definition) is 3. The van der Waals surface area contributed by atoms with Crippen LogP contribution in [-0.2, 0) is 4.79 Å². The lowest BCUT2D eigenvalue weighted by atomic mass is 10.1. The first-order chi connectivity index (χ1) is 4.74. The summed E-state index contributed by atoms with van der Waals surface area (Å²) in [5.74, 6) is 0.671. The van der Waals surface area contributed by atoms with Crippen LogP contribution in [0.4, 0.5) is 0 Å². The van der Waals surface area contributed by atoms with E-state index in [1.165, 1.54) is 12.8 Å². The van der Waals surface area contributed by atoms with Gasteiger partial charge in [-0.25, -0.2) is 0 Å². The van der Waals surface area contributed by atoms with Crippen LogP contribution in [0.2, 0.25) is 0 Å². The molecule has 3 nitrogen and oxygen atoms in total. The summed E-state index contributed by atoms with van der Waals surface area (Å²) < 4.78 is 0. The molecule has 1 rings (SSSR count). The molecule has 0 saturated heterocycles. The predicted octanol–water partition coefficient (Wildman–Crippen LogP) is -0.326. The highest BCUT2D eigenvalue weighted by molar-refractivity contribution is 5.56. The Morgan fingerprint density at radius 2 is 2.30 bits per heavy atom. The number of carbonyl (C=O) groups is 1. The van der Waals surface area contributed by atoms with E-state index >= 15 is 0 Å². The molecule has 2 atom stereocenters. The van der Waals surface area contributed by atoms with Gasteiger partial charge in [-0.15, -0.1) is 0 Å². The van der Waals surface area contributed by atoms with Crippen LogP contribution in [0.15, 0.2) is 0 Å². The molecule has 1 fully saturated rings. The average molecular weight is 143 g/mol. The van der Waals surface area contributed by atoms with Gasteiger partial charge in [-0.3, -0.25) is 0 Å². The first-order valence-corrected chi connectivity index (χ1v) is 3.63. The molecule has 1 aliphatic rings. The van der Waals surface area contributed by atoms with Crippen LogP contribution in [-0.4, -0.2) is 23.5 Å². The maximum atomic E-state index is 10.0. The minimum atomic E-state index is -0.958. The number of carbonyl (C=O) groups excluding carboxylic acids is 1. The number of aliphatic hydroxyl groups excluding tert-OH is 1. The lowest BCUT2D eigenvalue weighted by molar-refractivity contribution is -0.115. The first kappa shape index (κ1) is 7.69. The smallest absolute Gasteiger partial charge is 0.150 e. The topological polar surface area (TPSA) is 63.3 Å². The summed E-state index contributed by atoms with van der Waals surface area (Å²) in [5, 5.41) is 8.91. The quantitative estimate of drug-likeness (QED) is 0.530. The van der Waals surface area contributed by atoms with Crippen LogP contribution in [0, 0.1) is 5.92 Å². The summed E-state index contributed by atoms with van der Waals surface area (Å²) in [7, 11) is 0. The van der Waals surface area contributed by atoms with Crippen LogP contribution >= 0.6 is 0 Å². The molecular weight excluding hydrogens is 130 g/mol. The molecule has 10 heavy (non-hydrogen) atoms. The average Bonchev–Trinajstić information content (AvgIpc) is 2.70. The van der Waals surface area contributed by atoms with Crippen molar-refractivity contribution in [2.75, 3.05) is 0 Å². The molecule has 0 amide bonds. The van der Waals surface area contributed by atoms with Crippen molar-refractivity contribution in [3.63, 3.8) is 0 Å². The second kappa shape index (κ2) is 3.12. The van der Waals surface area contributed by atoms with Crippen molar-refractivity contribution in [1.29, 1.82) is 0 Å². The molecule has 0 bridgehead atoms. The molecule has 0 radical (unpaired) electrons. The van der Waals surface area contributed by atoms with Crippen molar-refractivity contribution in [1.82, 2.24) is 0 Å². The van der Waals surface area contributed by atoms with Gasteiger partial charge in [0.15, 0.2) is 0 Å². The zero-order valence-corrected chi connectivity index (χ0v) is 5.86. The third-order valence-corrected chi connectivity index (χ3v) is 1.88. The summed E-state index contributed by atoms with van der Waals surface area (Å²) in [6.07, 6.45) is 2.76. The minimum absolute atomic E-state index is 0.343. The Labute approximate surface area is 60.2 Å². The van der Waals surface area contributed by atoms with Gasteiger partial charge in [0, 0.05) is 6.04 Å². The molecule has 3 N–H and O–H groups in total. The van der Waals surface area contributed by atoms with Gasteiger partial charge in [0.1, 0.15) is 12.4 Å². The molecule has 1 aliphatic carbocycles. The molecule has 0 heterocycles. The Balaban J connectivity index is 2.17. The fraction of sp³-hybridized carbons (Fsp3) is 0.857. The van der Waals surface area contributed by atoms with Crippen LogP contribution in [0.5, 0.6) is 0 Å². The van der Waals surface area contributed by atoms with Crippen LogP contribution in [0.1, 0.15) is 19.3 Å². The molecule has 58 valence electrons. The van der Waals surface area contributed by atoms with Crippen LogP contribution in [0.25, 0.3) is 0 Å². The lowest BCUT2D eigenvalue weighted by Crippen LogP contribution is -2.35. The SMILES string of the molecule is NC(CC1CC1)C(O)C=O. The molecule has 0 aromatic rings. The van der Waals surface area contributed by atoms with E-state index in [0.29, 0.717) is 12.2 Å². The largest absolute Gasteiger partial charge is 0.384 e. The summed E-state index contributed by atoms with van der Waals surface area (Å²) in [4.78, 5) is 10.0. The molecule has 2 unspecified atom stereocenters. The Morgan fingerprint density at radius 1 is 1.70 bits per heavy atom. The van der Waals surface area contributed by atoms with Gasteiger partial charge in [-0.05, 0) is 12.3 Å². The fourth-order valence-electron chi connectivity index (χ4n) is 0.979. The summed E-state index contributed by atoms with van der Waals surface area (Å²) in [5.41, 5.74) is 5.49. The van der Waals surface area contributed by atoms with Gasteiger partial charge in [0.25, 0.3) is 0 Å². The highest BCUT2D eigenvalue weighted by Crippen LogP contribution is 2.33. The zero-order valence-electron chi connectivity index (χ0n) is 5.86. The number of aliphatic hydroxyl groups is 1. The Bertz CT molecular complexity index is 123. The summed E-state index contributed by atoms with van der Waals surface area (Å²) >= 11 is 0. The van der Waals surface area contributed by atoms with Crippen molar-refractivity contribution in [2.24, 2.45) is 11.7 Å². The van der Waals surface area contributed by atoms with E-state index in [9.17, 15) is 4.79 Å². The Hall–Kier alpha value is -0.410. The first-order valence-electron chi connectivity index (χ1n) is 3.63. The van der Waals surface area contributed by atoms with Gasteiger partial charge in [0.2, 0.25) is 0 Å². The van der Waals surface area contributed by atoms with E-state index in [1.54, 1.807) is 0 Å². The number of hydrogen-bond donors (Lipinski definition) is 2. The molecule has 1 saturated carbocycles. The maximum absolute atomic E-state index is 10.0. The standard InChI is InChI=1S/C7H13NO2/c8-6(7(10)4-9)3-5-1-2-5/h4-7,10H,1-3,8H2. The molecule has 0 aromatic heterocycles. The number of nitrogens with two attached hydrogens (primary N) is 1. The van der Waals surface area contributed by atoms with Crippen molar-refractivity contribution in [3.8, 4) is 0 Å². The third-order valence-electron chi connectivity index (χ3n) is 1.88. The van der Waals surface area contributed by atoms with Crippen molar-refractivity contribution >= 4 is 6.29 Å². The number of rotatable bonds is 4. The lowest BCUT2D eigenvalue weighted by Gasteiger charge is -2.11. The molecule has 0 aliphatic heterocycles. The van der Waals surface area contributed by atoms with E-state index in [2.05, 4.69) is 0 Å². The summed E-state index contributed by atoms with van der Waals surface area (Å²) in [6.45, 7) is 0. The molecule has 3 heteroatoms.